The number of likely N-dealkylation sites (N-methyl/N-ethyl adjacent to an activating group) is 1. The second-order valence-electron chi connectivity index (χ2n) is 5.76. The zero-order valence-electron chi connectivity index (χ0n) is 11.4. The van der Waals surface area contributed by atoms with E-state index in [4.69, 9.17) is 5.11 Å². The van der Waals surface area contributed by atoms with Crippen LogP contribution in [0.15, 0.2) is 0 Å². The van der Waals surface area contributed by atoms with Crippen LogP contribution in [-0.2, 0) is 4.79 Å². The minimum Gasteiger partial charge on any atom is -0.481 e. The van der Waals surface area contributed by atoms with Crippen molar-refractivity contribution in [3.05, 3.63) is 0 Å². The van der Waals surface area contributed by atoms with E-state index in [0.29, 0.717) is 6.42 Å². The molecule has 6 nitrogen and oxygen atoms in total. The van der Waals surface area contributed by atoms with Gasteiger partial charge in [-0.1, -0.05) is 6.42 Å². The quantitative estimate of drug-likeness (QED) is 0.702. The maximum absolute atomic E-state index is 11.9. The third-order valence-corrected chi connectivity index (χ3v) is 4.09. The standard InChI is InChI=1S/C13H23N3O3/c1-16-6-5-11(8-16)15-13(19)14-10-4-2-3-9(7-10)12(17)18/h9-11H,2-8H2,1H3,(H,17,18)(H2,14,15,19). The largest absolute Gasteiger partial charge is 0.481 e. The molecule has 2 amide bonds. The molecule has 0 bridgehead atoms. The number of carboxylic acids is 1. The van der Waals surface area contributed by atoms with E-state index >= 15 is 0 Å². The fourth-order valence-corrected chi connectivity index (χ4v) is 3.01. The van der Waals surface area contributed by atoms with Crippen LogP contribution in [0.4, 0.5) is 4.79 Å². The summed E-state index contributed by atoms with van der Waals surface area (Å²) < 4.78 is 0. The van der Waals surface area contributed by atoms with Gasteiger partial charge < -0.3 is 20.6 Å². The molecule has 2 aliphatic rings. The Morgan fingerprint density at radius 1 is 1.16 bits per heavy atom. The zero-order valence-corrected chi connectivity index (χ0v) is 11.4. The van der Waals surface area contributed by atoms with Crippen LogP contribution < -0.4 is 10.6 Å². The molecule has 3 unspecified atom stereocenters. The predicted octanol–water partition coefficient (Wildman–Crippen LogP) is 0.633. The summed E-state index contributed by atoms with van der Waals surface area (Å²) in [5, 5.41) is 14.9. The molecule has 1 saturated carbocycles. The Morgan fingerprint density at radius 3 is 2.53 bits per heavy atom. The number of likely N-dealkylation sites (tertiary alicyclic amines) is 1. The van der Waals surface area contributed by atoms with Gasteiger partial charge in [0.05, 0.1) is 5.92 Å². The average molecular weight is 269 g/mol. The minimum absolute atomic E-state index is 0.00557. The van der Waals surface area contributed by atoms with Crippen molar-refractivity contribution in [2.75, 3.05) is 20.1 Å². The highest BCUT2D eigenvalue weighted by atomic mass is 16.4. The van der Waals surface area contributed by atoms with Crippen molar-refractivity contribution >= 4 is 12.0 Å². The maximum Gasteiger partial charge on any atom is 0.315 e. The molecule has 0 aromatic rings. The molecule has 1 aliphatic heterocycles. The molecule has 0 aromatic heterocycles. The second-order valence-corrected chi connectivity index (χ2v) is 5.76. The van der Waals surface area contributed by atoms with E-state index in [0.717, 1.165) is 38.8 Å². The number of hydrogen-bond donors (Lipinski definition) is 3. The van der Waals surface area contributed by atoms with Crippen molar-refractivity contribution in [1.29, 1.82) is 0 Å². The summed E-state index contributed by atoms with van der Waals surface area (Å²) in [5.41, 5.74) is 0. The number of hydrogen-bond acceptors (Lipinski definition) is 3. The topological polar surface area (TPSA) is 81.7 Å². The number of aliphatic carboxylic acids is 1. The lowest BCUT2D eigenvalue weighted by Gasteiger charge is -2.28. The van der Waals surface area contributed by atoms with Gasteiger partial charge in [0, 0.05) is 18.6 Å². The monoisotopic (exact) mass is 269 g/mol. The van der Waals surface area contributed by atoms with E-state index in [1.807, 2.05) is 7.05 Å². The number of nitrogens with zero attached hydrogens (tertiary/aromatic N) is 1. The van der Waals surface area contributed by atoms with Crippen molar-refractivity contribution in [3.8, 4) is 0 Å². The molecule has 1 aliphatic carbocycles. The summed E-state index contributed by atoms with van der Waals surface area (Å²) in [5.74, 6) is -1.05. The number of carbonyl (C=O) groups excluding carboxylic acids is 1. The Balaban J connectivity index is 1.74. The number of urea groups is 1. The number of carbonyl (C=O) groups is 2. The molecule has 6 heteroatoms. The first kappa shape index (κ1) is 14.1. The van der Waals surface area contributed by atoms with E-state index in [1.165, 1.54) is 0 Å². The predicted molar refractivity (Wildman–Crippen MR) is 71.0 cm³/mol. The molecule has 0 radical (unpaired) electrons. The van der Waals surface area contributed by atoms with E-state index < -0.39 is 5.97 Å². The van der Waals surface area contributed by atoms with Crippen LogP contribution in [0.1, 0.15) is 32.1 Å². The number of carboxylic acid groups (broad SMARTS) is 1. The molecule has 2 fully saturated rings. The van der Waals surface area contributed by atoms with E-state index in [-0.39, 0.29) is 24.0 Å². The van der Waals surface area contributed by atoms with E-state index in [9.17, 15) is 9.59 Å². The van der Waals surface area contributed by atoms with E-state index in [1.54, 1.807) is 0 Å². The van der Waals surface area contributed by atoms with Gasteiger partial charge in [-0.2, -0.15) is 0 Å². The number of amides is 2. The molecule has 3 N–H and O–H groups in total. The maximum atomic E-state index is 11.9. The molecule has 2 rings (SSSR count). The summed E-state index contributed by atoms with van der Waals surface area (Å²) in [6, 6.07) is 0.0502. The van der Waals surface area contributed by atoms with Crippen LogP contribution >= 0.6 is 0 Å². The van der Waals surface area contributed by atoms with Crippen LogP contribution in [0.2, 0.25) is 0 Å². The summed E-state index contributed by atoms with van der Waals surface area (Å²) in [6.45, 7) is 1.89. The van der Waals surface area contributed by atoms with Gasteiger partial charge in [-0.15, -0.1) is 0 Å². The van der Waals surface area contributed by atoms with Crippen molar-refractivity contribution < 1.29 is 14.7 Å². The highest BCUT2D eigenvalue weighted by molar-refractivity contribution is 5.75. The molecular weight excluding hydrogens is 246 g/mol. The van der Waals surface area contributed by atoms with Crippen LogP contribution in [0, 0.1) is 5.92 Å². The lowest BCUT2D eigenvalue weighted by atomic mass is 9.86. The first-order valence-corrected chi connectivity index (χ1v) is 7.03. The molecule has 1 heterocycles. The van der Waals surface area contributed by atoms with Crippen LogP contribution in [0.25, 0.3) is 0 Å². The summed E-state index contributed by atoms with van der Waals surface area (Å²) in [4.78, 5) is 25.0. The van der Waals surface area contributed by atoms with Crippen LogP contribution in [-0.4, -0.2) is 54.2 Å². The van der Waals surface area contributed by atoms with Gasteiger partial charge in [0.25, 0.3) is 0 Å². The summed E-state index contributed by atoms with van der Waals surface area (Å²) in [6.07, 6.45) is 4.00. The van der Waals surface area contributed by atoms with Crippen LogP contribution in [0.3, 0.4) is 0 Å². The molecule has 108 valence electrons. The van der Waals surface area contributed by atoms with Gasteiger partial charge in [0.2, 0.25) is 0 Å². The Hall–Kier alpha value is -1.30. The third kappa shape index (κ3) is 4.09. The molecule has 1 saturated heterocycles. The number of rotatable bonds is 3. The van der Waals surface area contributed by atoms with Gasteiger partial charge in [-0.3, -0.25) is 4.79 Å². The first-order chi connectivity index (χ1) is 9.04. The third-order valence-electron chi connectivity index (χ3n) is 4.09. The zero-order chi connectivity index (χ0) is 13.8. The van der Waals surface area contributed by atoms with Crippen LogP contribution in [0.5, 0.6) is 0 Å². The SMILES string of the molecule is CN1CCC(NC(=O)NC2CCCC(C(=O)O)C2)C1. The molecular formula is C13H23N3O3. The van der Waals surface area contributed by atoms with E-state index in [2.05, 4.69) is 15.5 Å². The molecule has 0 spiro atoms. The molecule has 0 aromatic carbocycles. The molecule has 3 atom stereocenters. The Labute approximate surface area is 113 Å². The van der Waals surface area contributed by atoms with Gasteiger partial charge >= 0.3 is 12.0 Å². The van der Waals surface area contributed by atoms with Gasteiger partial charge in [-0.05, 0) is 39.3 Å². The first-order valence-electron chi connectivity index (χ1n) is 7.03. The Kier molecular flexibility index (Phi) is 4.63. The van der Waals surface area contributed by atoms with Gasteiger partial charge in [0.15, 0.2) is 0 Å². The molecule has 19 heavy (non-hydrogen) atoms. The highest BCUT2D eigenvalue weighted by Gasteiger charge is 2.28. The fraction of sp³-hybridized carbons (Fsp3) is 0.846. The van der Waals surface area contributed by atoms with Gasteiger partial charge in [0.1, 0.15) is 0 Å². The lowest BCUT2D eigenvalue weighted by Crippen LogP contribution is -2.48. The van der Waals surface area contributed by atoms with Gasteiger partial charge in [-0.25, -0.2) is 4.79 Å². The smallest absolute Gasteiger partial charge is 0.315 e. The normalized spacial score (nSPS) is 31.9. The highest BCUT2D eigenvalue weighted by Crippen LogP contribution is 2.24. The summed E-state index contributed by atoms with van der Waals surface area (Å²) >= 11 is 0. The Morgan fingerprint density at radius 2 is 1.89 bits per heavy atom. The van der Waals surface area contributed by atoms with Crippen molar-refractivity contribution in [1.82, 2.24) is 15.5 Å². The average Bonchev–Trinajstić information content (AvgIpc) is 2.74. The minimum atomic E-state index is -0.746. The Bertz CT molecular complexity index is 348. The summed E-state index contributed by atoms with van der Waals surface area (Å²) in [7, 11) is 2.04. The van der Waals surface area contributed by atoms with Crippen molar-refractivity contribution in [2.24, 2.45) is 5.92 Å². The van der Waals surface area contributed by atoms with Crippen molar-refractivity contribution in [2.45, 2.75) is 44.2 Å². The number of nitrogens with one attached hydrogen (secondary N) is 2. The van der Waals surface area contributed by atoms with Crippen molar-refractivity contribution in [3.63, 3.8) is 0 Å². The lowest BCUT2D eigenvalue weighted by molar-refractivity contribution is -0.143. The second kappa shape index (κ2) is 6.23. The fourth-order valence-electron chi connectivity index (χ4n) is 3.01.